The molecule has 3 aromatic rings. The number of anilines is 1. The van der Waals surface area contributed by atoms with Gasteiger partial charge in [-0.1, -0.05) is 54.1 Å². The minimum absolute atomic E-state index is 0.00916. The van der Waals surface area contributed by atoms with Gasteiger partial charge in [-0.05, 0) is 53.9 Å². The van der Waals surface area contributed by atoms with Crippen molar-refractivity contribution in [3.63, 3.8) is 0 Å². The summed E-state index contributed by atoms with van der Waals surface area (Å²) in [6, 6.07) is 22.1. The van der Waals surface area contributed by atoms with E-state index in [1.807, 2.05) is 30.3 Å². The Morgan fingerprint density at radius 1 is 1.00 bits per heavy atom. The molecule has 0 saturated heterocycles. The van der Waals surface area contributed by atoms with Crippen LogP contribution in [0.3, 0.4) is 0 Å². The van der Waals surface area contributed by atoms with Crippen molar-refractivity contribution in [1.82, 2.24) is 9.73 Å². The molecule has 0 heterocycles. The number of nitrogens with one attached hydrogen (secondary N) is 2. The molecule has 0 saturated carbocycles. The second kappa shape index (κ2) is 12.3. The van der Waals surface area contributed by atoms with Crippen molar-refractivity contribution in [2.24, 2.45) is 5.10 Å². The molecule has 0 aliphatic rings. The second-order valence-corrected chi connectivity index (χ2v) is 10.0. The monoisotopic (exact) mass is 512 g/mol. The molecule has 0 spiro atoms. The molecule has 0 atom stereocenters. The topological polar surface area (TPSA) is 108 Å². The van der Waals surface area contributed by atoms with Gasteiger partial charge in [-0.25, -0.2) is 13.8 Å². The maximum atomic E-state index is 13.4. The fraction of sp³-hybridized carbons (Fsp3) is 0.160. The van der Waals surface area contributed by atoms with Crippen LogP contribution in [0.4, 0.5) is 5.69 Å². The summed E-state index contributed by atoms with van der Waals surface area (Å²) in [5, 5.41) is 7.03. The van der Waals surface area contributed by atoms with Gasteiger partial charge in [0, 0.05) is 24.2 Å². The summed E-state index contributed by atoms with van der Waals surface area (Å²) in [7, 11) is -4.00. The fourth-order valence-electron chi connectivity index (χ4n) is 3.21. The van der Waals surface area contributed by atoms with Crippen LogP contribution >= 0.6 is 11.6 Å². The Bertz CT molecular complexity index is 1300. The van der Waals surface area contributed by atoms with E-state index < -0.39 is 22.5 Å². The molecular weight excluding hydrogens is 488 g/mol. The first-order valence-electron chi connectivity index (χ1n) is 10.7. The molecule has 182 valence electrons. The Balaban J connectivity index is 1.75. The van der Waals surface area contributed by atoms with Gasteiger partial charge in [-0.3, -0.25) is 9.59 Å². The van der Waals surface area contributed by atoms with Crippen LogP contribution in [0.1, 0.15) is 18.1 Å². The van der Waals surface area contributed by atoms with E-state index in [-0.39, 0.29) is 17.3 Å². The summed E-state index contributed by atoms with van der Waals surface area (Å²) in [6.45, 7) is 1.03. The van der Waals surface area contributed by atoms with E-state index in [2.05, 4.69) is 15.8 Å². The molecule has 0 aromatic heterocycles. The number of hydrogen-bond donors (Lipinski definition) is 2. The van der Waals surface area contributed by atoms with Crippen LogP contribution in [-0.2, 0) is 26.0 Å². The molecule has 0 fully saturated rings. The van der Waals surface area contributed by atoms with Crippen molar-refractivity contribution in [3.05, 3.63) is 95.0 Å². The van der Waals surface area contributed by atoms with Crippen LogP contribution in [0, 0.1) is 0 Å². The third kappa shape index (κ3) is 8.03. The molecule has 0 unspecified atom stereocenters. The van der Waals surface area contributed by atoms with E-state index in [9.17, 15) is 18.0 Å². The summed E-state index contributed by atoms with van der Waals surface area (Å²) in [4.78, 5) is 23.8. The number of hydrazone groups is 1. The average Bonchev–Trinajstić information content (AvgIpc) is 2.82. The number of rotatable bonds is 10. The van der Waals surface area contributed by atoms with E-state index in [0.717, 1.165) is 9.87 Å². The summed E-state index contributed by atoms with van der Waals surface area (Å²) < 4.78 is 27.8. The number of carbonyl (C=O) groups is 2. The zero-order valence-corrected chi connectivity index (χ0v) is 20.6. The number of amides is 2. The molecule has 3 rings (SSSR count). The lowest BCUT2D eigenvalue weighted by molar-refractivity contribution is -0.121. The number of sulfonamides is 1. The summed E-state index contributed by atoms with van der Waals surface area (Å²) >= 11 is 5.94. The summed E-state index contributed by atoms with van der Waals surface area (Å²) in [6.07, 6.45) is 1.84. The first-order chi connectivity index (χ1) is 16.7. The Labute approximate surface area is 209 Å². The SMILES string of the molecule is CC(=O)Nc1ccc(S(=O)(=O)N(CCc2ccccc2)CC(=O)N/N=C\c2cccc(Cl)c2)cc1. The number of carbonyl (C=O) groups excluding carboxylic acids is 2. The summed E-state index contributed by atoms with van der Waals surface area (Å²) in [5.41, 5.74) is 4.46. The van der Waals surface area contributed by atoms with E-state index in [0.29, 0.717) is 22.7 Å². The Morgan fingerprint density at radius 3 is 2.37 bits per heavy atom. The number of hydrogen-bond acceptors (Lipinski definition) is 5. The highest BCUT2D eigenvalue weighted by atomic mass is 35.5. The Morgan fingerprint density at radius 2 is 1.71 bits per heavy atom. The fourth-order valence-corrected chi connectivity index (χ4v) is 4.80. The van der Waals surface area contributed by atoms with Crippen LogP contribution in [0.2, 0.25) is 5.02 Å². The number of halogens is 1. The lowest BCUT2D eigenvalue weighted by atomic mass is 10.1. The van der Waals surface area contributed by atoms with Crippen LogP contribution in [-0.4, -0.2) is 43.8 Å². The molecule has 0 aliphatic carbocycles. The van der Waals surface area contributed by atoms with Crippen molar-refractivity contribution >= 4 is 45.3 Å². The van der Waals surface area contributed by atoms with Gasteiger partial charge in [0.2, 0.25) is 15.9 Å². The molecule has 10 heteroatoms. The minimum Gasteiger partial charge on any atom is -0.326 e. The van der Waals surface area contributed by atoms with Crippen LogP contribution in [0.5, 0.6) is 0 Å². The molecular formula is C25H25ClN4O4S. The van der Waals surface area contributed by atoms with Crippen molar-refractivity contribution in [1.29, 1.82) is 0 Å². The van der Waals surface area contributed by atoms with Crippen molar-refractivity contribution in [2.45, 2.75) is 18.2 Å². The van der Waals surface area contributed by atoms with E-state index in [1.54, 1.807) is 24.3 Å². The number of nitrogens with zero attached hydrogens (tertiary/aromatic N) is 2. The van der Waals surface area contributed by atoms with Crippen molar-refractivity contribution < 1.29 is 18.0 Å². The highest BCUT2D eigenvalue weighted by Crippen LogP contribution is 2.19. The molecule has 3 aromatic carbocycles. The molecule has 8 nitrogen and oxygen atoms in total. The van der Waals surface area contributed by atoms with Crippen molar-refractivity contribution in [2.75, 3.05) is 18.4 Å². The third-order valence-corrected chi connectivity index (χ3v) is 6.97. The van der Waals surface area contributed by atoms with Crippen LogP contribution in [0.15, 0.2) is 88.9 Å². The number of benzene rings is 3. The van der Waals surface area contributed by atoms with Gasteiger partial charge >= 0.3 is 0 Å². The van der Waals surface area contributed by atoms with Gasteiger partial charge in [0.15, 0.2) is 0 Å². The molecule has 0 bridgehead atoms. The van der Waals surface area contributed by atoms with Gasteiger partial charge in [0.25, 0.3) is 5.91 Å². The lowest BCUT2D eigenvalue weighted by Gasteiger charge is -2.21. The molecule has 2 amide bonds. The average molecular weight is 513 g/mol. The van der Waals surface area contributed by atoms with Gasteiger partial charge in [0.05, 0.1) is 17.7 Å². The molecule has 0 aliphatic heterocycles. The van der Waals surface area contributed by atoms with E-state index in [4.69, 9.17) is 11.6 Å². The van der Waals surface area contributed by atoms with Crippen molar-refractivity contribution in [3.8, 4) is 0 Å². The molecule has 0 radical (unpaired) electrons. The Hall–Kier alpha value is -3.53. The zero-order chi connectivity index (χ0) is 25.3. The summed E-state index contributed by atoms with van der Waals surface area (Å²) in [5.74, 6) is -0.852. The highest BCUT2D eigenvalue weighted by Gasteiger charge is 2.26. The first kappa shape index (κ1) is 26.1. The third-order valence-electron chi connectivity index (χ3n) is 4.88. The standard InChI is InChI=1S/C25H25ClN4O4S/c1-19(31)28-23-10-12-24(13-11-23)35(33,34)30(15-14-20-6-3-2-4-7-20)18-25(32)29-27-17-21-8-5-9-22(26)16-21/h2-13,16-17H,14-15,18H2,1H3,(H,28,31)(H,29,32)/b27-17-. The van der Waals surface area contributed by atoms with Gasteiger partial charge < -0.3 is 5.32 Å². The van der Waals surface area contributed by atoms with Gasteiger partial charge in [-0.15, -0.1) is 0 Å². The minimum atomic E-state index is -4.00. The van der Waals surface area contributed by atoms with Gasteiger partial charge in [-0.2, -0.15) is 9.41 Å². The first-order valence-corrected chi connectivity index (χ1v) is 12.5. The predicted molar refractivity (Wildman–Crippen MR) is 137 cm³/mol. The maximum absolute atomic E-state index is 13.4. The van der Waals surface area contributed by atoms with Crippen LogP contribution in [0.25, 0.3) is 0 Å². The highest BCUT2D eigenvalue weighted by molar-refractivity contribution is 7.89. The Kier molecular flexibility index (Phi) is 9.13. The normalized spacial score (nSPS) is 11.5. The molecule has 2 N–H and O–H groups in total. The van der Waals surface area contributed by atoms with E-state index in [1.165, 1.54) is 37.4 Å². The van der Waals surface area contributed by atoms with Gasteiger partial charge in [0.1, 0.15) is 0 Å². The van der Waals surface area contributed by atoms with E-state index >= 15 is 0 Å². The largest absolute Gasteiger partial charge is 0.326 e. The second-order valence-electron chi connectivity index (χ2n) is 7.63. The van der Waals surface area contributed by atoms with Crippen LogP contribution < -0.4 is 10.7 Å². The quantitative estimate of drug-likeness (QED) is 0.319. The molecule has 35 heavy (non-hydrogen) atoms. The predicted octanol–water partition coefficient (Wildman–Crippen LogP) is 3.68. The lowest BCUT2D eigenvalue weighted by Crippen LogP contribution is -2.40. The zero-order valence-electron chi connectivity index (χ0n) is 19.0. The smallest absolute Gasteiger partial charge is 0.255 e. The maximum Gasteiger partial charge on any atom is 0.255 e.